The Morgan fingerprint density at radius 1 is 1.00 bits per heavy atom. The van der Waals surface area contributed by atoms with Crippen molar-refractivity contribution in [2.75, 3.05) is 5.32 Å². The maximum absolute atomic E-state index is 12.5. The molecule has 2 heterocycles. The number of pyridine rings is 1. The van der Waals surface area contributed by atoms with E-state index < -0.39 is 11.7 Å². The SMILES string of the molecule is FC(F)(F)c1ccc(Nc2nncc3ccc(Br)nc23)cc1. The number of hydrogen-bond acceptors (Lipinski definition) is 4. The topological polar surface area (TPSA) is 50.7 Å². The summed E-state index contributed by atoms with van der Waals surface area (Å²) >= 11 is 3.27. The van der Waals surface area contributed by atoms with Crippen LogP contribution in [0.25, 0.3) is 10.9 Å². The van der Waals surface area contributed by atoms with Crippen LogP contribution < -0.4 is 5.32 Å². The van der Waals surface area contributed by atoms with E-state index in [0.717, 1.165) is 17.5 Å². The molecule has 0 bridgehead atoms. The summed E-state index contributed by atoms with van der Waals surface area (Å²) in [6.45, 7) is 0. The van der Waals surface area contributed by atoms with Crippen molar-refractivity contribution in [1.29, 1.82) is 0 Å². The van der Waals surface area contributed by atoms with Crippen molar-refractivity contribution in [2.45, 2.75) is 6.18 Å². The molecule has 0 spiro atoms. The highest BCUT2D eigenvalue weighted by atomic mass is 79.9. The lowest BCUT2D eigenvalue weighted by Gasteiger charge is -2.10. The summed E-state index contributed by atoms with van der Waals surface area (Å²) < 4.78 is 38.3. The maximum atomic E-state index is 12.5. The van der Waals surface area contributed by atoms with E-state index in [1.165, 1.54) is 12.1 Å². The van der Waals surface area contributed by atoms with E-state index in [2.05, 4.69) is 36.4 Å². The molecule has 0 saturated heterocycles. The molecule has 0 amide bonds. The number of nitrogens with one attached hydrogen (secondary N) is 1. The van der Waals surface area contributed by atoms with Gasteiger partial charge >= 0.3 is 6.18 Å². The van der Waals surface area contributed by atoms with Gasteiger partial charge in [-0.15, -0.1) is 5.10 Å². The highest BCUT2D eigenvalue weighted by Crippen LogP contribution is 2.30. The Kier molecular flexibility index (Phi) is 3.69. The number of benzene rings is 1. The molecule has 4 nitrogen and oxygen atoms in total. The number of aromatic nitrogens is 3. The van der Waals surface area contributed by atoms with Crippen molar-refractivity contribution in [3.05, 3.63) is 52.8 Å². The van der Waals surface area contributed by atoms with Gasteiger partial charge in [0.05, 0.1) is 11.8 Å². The van der Waals surface area contributed by atoms with E-state index in [-0.39, 0.29) is 0 Å². The monoisotopic (exact) mass is 368 g/mol. The first-order valence-corrected chi connectivity index (χ1v) is 6.95. The fraction of sp³-hybridized carbons (Fsp3) is 0.0714. The van der Waals surface area contributed by atoms with E-state index in [1.807, 2.05) is 6.07 Å². The normalized spacial score (nSPS) is 11.6. The van der Waals surface area contributed by atoms with Crippen LogP contribution in [0.4, 0.5) is 24.7 Å². The molecule has 22 heavy (non-hydrogen) atoms. The summed E-state index contributed by atoms with van der Waals surface area (Å²) in [4.78, 5) is 4.30. The second-order valence-corrected chi connectivity index (χ2v) is 5.28. The van der Waals surface area contributed by atoms with Gasteiger partial charge in [-0.2, -0.15) is 18.3 Å². The summed E-state index contributed by atoms with van der Waals surface area (Å²) in [6.07, 6.45) is -2.79. The fourth-order valence-corrected chi connectivity index (χ4v) is 2.21. The zero-order valence-corrected chi connectivity index (χ0v) is 12.5. The first kappa shape index (κ1) is 14.7. The van der Waals surface area contributed by atoms with Crippen LogP contribution in [-0.2, 0) is 6.18 Å². The van der Waals surface area contributed by atoms with Crippen molar-refractivity contribution >= 4 is 38.3 Å². The molecule has 0 aliphatic heterocycles. The van der Waals surface area contributed by atoms with Crippen LogP contribution in [0.1, 0.15) is 5.56 Å². The third-order valence-corrected chi connectivity index (χ3v) is 3.39. The van der Waals surface area contributed by atoms with Crippen molar-refractivity contribution < 1.29 is 13.2 Å². The average molecular weight is 369 g/mol. The second-order valence-electron chi connectivity index (χ2n) is 4.47. The number of alkyl halides is 3. The molecule has 8 heteroatoms. The molecule has 0 atom stereocenters. The highest BCUT2D eigenvalue weighted by molar-refractivity contribution is 9.10. The molecular formula is C14H8BrF3N4. The van der Waals surface area contributed by atoms with Crippen molar-refractivity contribution in [1.82, 2.24) is 15.2 Å². The molecule has 0 saturated carbocycles. The van der Waals surface area contributed by atoms with Crippen molar-refractivity contribution in [3.63, 3.8) is 0 Å². The Morgan fingerprint density at radius 2 is 1.73 bits per heavy atom. The minimum absolute atomic E-state index is 0.374. The van der Waals surface area contributed by atoms with Crippen LogP contribution >= 0.6 is 15.9 Å². The molecule has 3 rings (SSSR count). The number of halogens is 4. The van der Waals surface area contributed by atoms with E-state index in [1.54, 1.807) is 12.3 Å². The predicted molar refractivity (Wildman–Crippen MR) is 79.8 cm³/mol. The molecular weight excluding hydrogens is 361 g/mol. The maximum Gasteiger partial charge on any atom is 0.416 e. The van der Waals surface area contributed by atoms with Gasteiger partial charge in [-0.05, 0) is 52.3 Å². The second kappa shape index (κ2) is 5.53. The molecule has 3 aromatic rings. The summed E-state index contributed by atoms with van der Waals surface area (Å²) in [6, 6.07) is 8.27. The lowest BCUT2D eigenvalue weighted by atomic mass is 10.2. The molecule has 0 fully saturated rings. The van der Waals surface area contributed by atoms with Gasteiger partial charge in [-0.3, -0.25) is 0 Å². The quantitative estimate of drug-likeness (QED) is 0.674. The average Bonchev–Trinajstić information content (AvgIpc) is 2.47. The van der Waals surface area contributed by atoms with Gasteiger partial charge in [0.25, 0.3) is 0 Å². The smallest absolute Gasteiger partial charge is 0.337 e. The fourth-order valence-electron chi connectivity index (χ4n) is 1.90. The van der Waals surface area contributed by atoms with Crippen molar-refractivity contribution in [2.24, 2.45) is 0 Å². The van der Waals surface area contributed by atoms with Crippen LogP contribution in [-0.4, -0.2) is 15.2 Å². The molecule has 0 aliphatic rings. The Balaban J connectivity index is 1.95. The van der Waals surface area contributed by atoms with Gasteiger partial charge in [0.1, 0.15) is 10.1 Å². The summed E-state index contributed by atoms with van der Waals surface area (Å²) in [5.74, 6) is 0.374. The van der Waals surface area contributed by atoms with Crippen LogP contribution in [0.3, 0.4) is 0 Å². The number of hydrogen-bond donors (Lipinski definition) is 1. The molecule has 0 unspecified atom stereocenters. The van der Waals surface area contributed by atoms with Gasteiger partial charge < -0.3 is 5.32 Å². The van der Waals surface area contributed by atoms with Crippen LogP contribution in [0.5, 0.6) is 0 Å². The van der Waals surface area contributed by atoms with Crippen molar-refractivity contribution in [3.8, 4) is 0 Å². The lowest BCUT2D eigenvalue weighted by molar-refractivity contribution is -0.137. The first-order chi connectivity index (χ1) is 10.4. The third-order valence-electron chi connectivity index (χ3n) is 2.95. The van der Waals surface area contributed by atoms with E-state index in [4.69, 9.17) is 0 Å². The highest BCUT2D eigenvalue weighted by Gasteiger charge is 2.29. The molecule has 0 aliphatic carbocycles. The van der Waals surface area contributed by atoms with Gasteiger partial charge in [0, 0.05) is 11.1 Å². The van der Waals surface area contributed by atoms with Crippen LogP contribution in [0, 0.1) is 0 Å². The largest absolute Gasteiger partial charge is 0.416 e. The molecule has 112 valence electrons. The molecule has 0 radical (unpaired) electrons. The molecule has 2 aromatic heterocycles. The third kappa shape index (κ3) is 3.01. The van der Waals surface area contributed by atoms with Gasteiger partial charge in [0.2, 0.25) is 0 Å². The number of rotatable bonds is 2. The van der Waals surface area contributed by atoms with E-state index in [0.29, 0.717) is 21.6 Å². The zero-order chi connectivity index (χ0) is 15.7. The standard InChI is InChI=1S/C14H8BrF3N4/c15-11-6-1-8-7-19-22-13(12(8)21-11)20-10-4-2-9(3-5-10)14(16,17)18/h1-7H,(H,20,22). The van der Waals surface area contributed by atoms with Crippen LogP contribution in [0.2, 0.25) is 0 Å². The van der Waals surface area contributed by atoms with Gasteiger partial charge in [-0.25, -0.2) is 4.98 Å². The molecule has 1 aromatic carbocycles. The number of fused-ring (bicyclic) bond motifs is 1. The predicted octanol–water partition coefficient (Wildman–Crippen LogP) is 4.55. The lowest BCUT2D eigenvalue weighted by Crippen LogP contribution is -2.04. The van der Waals surface area contributed by atoms with Gasteiger partial charge in [-0.1, -0.05) is 0 Å². The molecule has 1 N–H and O–H groups in total. The Bertz CT molecular complexity index is 818. The summed E-state index contributed by atoms with van der Waals surface area (Å²) in [7, 11) is 0. The minimum atomic E-state index is -4.36. The summed E-state index contributed by atoms with van der Waals surface area (Å²) in [5, 5.41) is 11.5. The van der Waals surface area contributed by atoms with Crippen LogP contribution in [0.15, 0.2) is 47.2 Å². The minimum Gasteiger partial charge on any atom is -0.337 e. The number of nitrogens with zero attached hydrogens (tertiary/aromatic N) is 3. The summed E-state index contributed by atoms with van der Waals surface area (Å²) in [5.41, 5.74) is 0.337. The Hall–Kier alpha value is -2.22. The van der Waals surface area contributed by atoms with E-state index >= 15 is 0 Å². The Labute approximate surface area is 131 Å². The number of anilines is 2. The Morgan fingerprint density at radius 3 is 2.41 bits per heavy atom. The van der Waals surface area contributed by atoms with Gasteiger partial charge in [0.15, 0.2) is 5.82 Å². The zero-order valence-electron chi connectivity index (χ0n) is 10.9. The van der Waals surface area contributed by atoms with E-state index in [9.17, 15) is 13.2 Å². The first-order valence-electron chi connectivity index (χ1n) is 6.16.